The smallest absolute Gasteiger partial charge is 0.339 e. The highest BCUT2D eigenvalue weighted by Gasteiger charge is 2.23. The summed E-state index contributed by atoms with van der Waals surface area (Å²) in [6.45, 7) is 10.3. The van der Waals surface area contributed by atoms with Gasteiger partial charge in [-0.2, -0.15) is 5.10 Å². The van der Waals surface area contributed by atoms with Gasteiger partial charge in [-0.05, 0) is 32.8 Å². The number of methoxy groups -OCH3 is 1. The van der Waals surface area contributed by atoms with Crippen molar-refractivity contribution in [3.8, 4) is 0 Å². The fraction of sp³-hybridized carbons (Fsp3) is 0.579. The molecule has 2 heterocycles. The number of pyridine rings is 1. The largest absolute Gasteiger partial charge is 0.449 e. The summed E-state index contributed by atoms with van der Waals surface area (Å²) in [6.07, 6.45) is 0.701. The van der Waals surface area contributed by atoms with E-state index in [0.717, 1.165) is 5.69 Å². The van der Waals surface area contributed by atoms with Crippen molar-refractivity contribution in [2.24, 2.45) is 0 Å². The first-order chi connectivity index (χ1) is 12.8. The minimum Gasteiger partial charge on any atom is -0.449 e. The molecule has 1 N–H and O–H groups in total. The normalized spacial score (nSPS) is 12.6. The fourth-order valence-corrected chi connectivity index (χ4v) is 2.58. The van der Waals surface area contributed by atoms with Crippen LogP contribution in [0.15, 0.2) is 12.3 Å². The molecule has 148 valence electrons. The molecule has 0 unspecified atom stereocenters. The highest BCUT2D eigenvalue weighted by molar-refractivity contribution is 6.03. The molecule has 0 aliphatic carbocycles. The molecule has 1 amide bonds. The van der Waals surface area contributed by atoms with Crippen molar-refractivity contribution in [3.05, 3.63) is 23.5 Å². The zero-order valence-electron chi connectivity index (χ0n) is 16.8. The number of nitrogens with zero attached hydrogens (tertiary/aromatic N) is 3. The Morgan fingerprint density at radius 3 is 2.52 bits per heavy atom. The van der Waals surface area contributed by atoms with Gasteiger partial charge in [0.15, 0.2) is 11.8 Å². The molecule has 0 aliphatic heterocycles. The third kappa shape index (κ3) is 4.82. The molecule has 8 heteroatoms. The number of carbonyl (C=O) groups is 2. The summed E-state index contributed by atoms with van der Waals surface area (Å²) in [5, 5.41) is 7.63. The Balaban J connectivity index is 2.30. The third-order valence-corrected chi connectivity index (χ3v) is 4.15. The Morgan fingerprint density at radius 1 is 1.22 bits per heavy atom. The van der Waals surface area contributed by atoms with E-state index in [9.17, 15) is 9.59 Å². The molecule has 0 aliphatic rings. The van der Waals surface area contributed by atoms with Crippen LogP contribution in [0.5, 0.6) is 0 Å². The summed E-state index contributed by atoms with van der Waals surface area (Å²) in [6, 6.07) is 1.82. The van der Waals surface area contributed by atoms with Crippen LogP contribution in [0.2, 0.25) is 0 Å². The Morgan fingerprint density at radius 2 is 1.93 bits per heavy atom. The monoisotopic (exact) mass is 376 g/mol. The van der Waals surface area contributed by atoms with Crippen LogP contribution in [-0.4, -0.2) is 53.0 Å². The first kappa shape index (κ1) is 20.8. The summed E-state index contributed by atoms with van der Waals surface area (Å²) in [5.74, 6) is -0.805. The van der Waals surface area contributed by atoms with Crippen molar-refractivity contribution >= 4 is 22.9 Å². The SMILES string of the molecule is COCCNC(=O)[C@H](C)OC(=O)c1cc(C(C)C)nc2c1cnn2C(C)C. The molecule has 2 rings (SSSR count). The standard InChI is InChI=1S/C19H28N4O4/c1-11(2)16-9-14(15-10-21-23(12(3)4)17(15)22-16)19(25)27-13(5)18(24)20-7-8-26-6/h9-13H,7-8H2,1-6H3,(H,20,24)/t13-/m0/s1. The van der Waals surface area contributed by atoms with E-state index in [1.165, 1.54) is 0 Å². The maximum Gasteiger partial charge on any atom is 0.339 e. The average molecular weight is 376 g/mol. The highest BCUT2D eigenvalue weighted by Crippen LogP contribution is 2.25. The Hall–Kier alpha value is -2.48. The van der Waals surface area contributed by atoms with Gasteiger partial charge < -0.3 is 14.8 Å². The lowest BCUT2D eigenvalue weighted by Gasteiger charge is -2.15. The molecule has 8 nitrogen and oxygen atoms in total. The molecule has 0 bridgehead atoms. The zero-order chi connectivity index (χ0) is 20.1. The molecular formula is C19H28N4O4. The lowest BCUT2D eigenvalue weighted by molar-refractivity contribution is -0.129. The number of aromatic nitrogens is 3. The van der Waals surface area contributed by atoms with Crippen molar-refractivity contribution in [2.45, 2.75) is 52.7 Å². The quantitative estimate of drug-likeness (QED) is 0.562. The number of hydrogen-bond donors (Lipinski definition) is 1. The van der Waals surface area contributed by atoms with E-state index in [-0.39, 0.29) is 17.9 Å². The van der Waals surface area contributed by atoms with Gasteiger partial charge in [-0.1, -0.05) is 13.8 Å². The van der Waals surface area contributed by atoms with Gasteiger partial charge in [-0.3, -0.25) is 4.79 Å². The average Bonchev–Trinajstić information content (AvgIpc) is 3.04. The molecule has 0 saturated carbocycles. The molecule has 2 aromatic heterocycles. The first-order valence-corrected chi connectivity index (χ1v) is 9.12. The van der Waals surface area contributed by atoms with Crippen LogP contribution in [0, 0.1) is 0 Å². The van der Waals surface area contributed by atoms with E-state index in [2.05, 4.69) is 15.4 Å². The van der Waals surface area contributed by atoms with Crippen LogP contribution in [0.4, 0.5) is 0 Å². The molecule has 0 fully saturated rings. The summed E-state index contributed by atoms with van der Waals surface area (Å²) < 4.78 is 12.1. The predicted octanol–water partition coefficient (Wildman–Crippen LogP) is 2.44. The lowest BCUT2D eigenvalue weighted by atomic mass is 10.1. The van der Waals surface area contributed by atoms with Gasteiger partial charge in [0.05, 0.1) is 23.8 Å². The number of ether oxygens (including phenoxy) is 2. The van der Waals surface area contributed by atoms with Crippen LogP contribution in [0.25, 0.3) is 11.0 Å². The Kier molecular flexibility index (Phi) is 6.90. The maximum atomic E-state index is 12.8. The van der Waals surface area contributed by atoms with E-state index < -0.39 is 12.1 Å². The molecule has 2 aromatic rings. The van der Waals surface area contributed by atoms with E-state index >= 15 is 0 Å². The van der Waals surface area contributed by atoms with Gasteiger partial charge in [0.1, 0.15) is 0 Å². The molecule has 0 saturated heterocycles. The number of esters is 1. The predicted molar refractivity (Wildman–Crippen MR) is 102 cm³/mol. The van der Waals surface area contributed by atoms with Gasteiger partial charge in [-0.25, -0.2) is 14.5 Å². The third-order valence-electron chi connectivity index (χ3n) is 4.15. The van der Waals surface area contributed by atoms with Crippen LogP contribution in [0.3, 0.4) is 0 Å². The highest BCUT2D eigenvalue weighted by atomic mass is 16.5. The number of hydrogen-bond acceptors (Lipinski definition) is 6. The molecular weight excluding hydrogens is 348 g/mol. The Bertz CT molecular complexity index is 813. The van der Waals surface area contributed by atoms with Gasteiger partial charge in [0.2, 0.25) is 0 Å². The second-order valence-electron chi connectivity index (χ2n) is 7.00. The minimum atomic E-state index is -0.916. The van der Waals surface area contributed by atoms with Gasteiger partial charge in [0, 0.05) is 25.4 Å². The summed E-state index contributed by atoms with van der Waals surface area (Å²) >= 11 is 0. The van der Waals surface area contributed by atoms with Gasteiger partial charge >= 0.3 is 5.97 Å². The van der Waals surface area contributed by atoms with Crippen molar-refractivity contribution < 1.29 is 19.1 Å². The van der Waals surface area contributed by atoms with Crippen LogP contribution < -0.4 is 5.32 Å². The number of carbonyl (C=O) groups excluding carboxylic acids is 2. The summed E-state index contributed by atoms with van der Waals surface area (Å²) in [4.78, 5) is 29.5. The summed E-state index contributed by atoms with van der Waals surface area (Å²) in [5.41, 5.74) is 1.78. The van der Waals surface area contributed by atoms with E-state index in [1.54, 1.807) is 31.0 Å². The molecule has 0 radical (unpaired) electrons. The molecule has 0 aromatic carbocycles. The van der Waals surface area contributed by atoms with Crippen molar-refractivity contribution in [1.82, 2.24) is 20.1 Å². The second kappa shape index (κ2) is 8.94. The van der Waals surface area contributed by atoms with Crippen LogP contribution in [-0.2, 0) is 14.3 Å². The molecule has 27 heavy (non-hydrogen) atoms. The molecule has 0 spiro atoms. The summed E-state index contributed by atoms with van der Waals surface area (Å²) in [7, 11) is 1.55. The minimum absolute atomic E-state index is 0.103. The van der Waals surface area contributed by atoms with E-state index in [4.69, 9.17) is 9.47 Å². The first-order valence-electron chi connectivity index (χ1n) is 9.12. The second-order valence-corrected chi connectivity index (χ2v) is 7.00. The van der Waals surface area contributed by atoms with Gasteiger partial charge in [-0.15, -0.1) is 0 Å². The topological polar surface area (TPSA) is 95.3 Å². The van der Waals surface area contributed by atoms with Crippen LogP contribution in [0.1, 0.15) is 62.6 Å². The zero-order valence-corrected chi connectivity index (χ0v) is 16.8. The van der Waals surface area contributed by atoms with Crippen molar-refractivity contribution in [2.75, 3.05) is 20.3 Å². The van der Waals surface area contributed by atoms with Crippen molar-refractivity contribution in [1.29, 1.82) is 0 Å². The molecule has 1 atom stereocenters. The Labute approximate surface area is 159 Å². The number of nitrogens with one attached hydrogen (secondary N) is 1. The van der Waals surface area contributed by atoms with E-state index in [0.29, 0.717) is 29.7 Å². The lowest BCUT2D eigenvalue weighted by Crippen LogP contribution is -2.37. The number of rotatable bonds is 8. The van der Waals surface area contributed by atoms with Gasteiger partial charge in [0.25, 0.3) is 5.91 Å². The maximum absolute atomic E-state index is 12.8. The number of fused-ring (bicyclic) bond motifs is 1. The number of amides is 1. The van der Waals surface area contributed by atoms with Crippen molar-refractivity contribution in [3.63, 3.8) is 0 Å². The van der Waals surface area contributed by atoms with Crippen LogP contribution >= 0.6 is 0 Å². The fourth-order valence-electron chi connectivity index (χ4n) is 2.58. The van der Waals surface area contributed by atoms with E-state index in [1.807, 2.05) is 27.7 Å².